The van der Waals surface area contributed by atoms with Gasteiger partial charge < -0.3 is 30.3 Å². The largest absolute Gasteiger partial charge is 0.494 e. The molecule has 57 heavy (non-hydrogen) atoms. The van der Waals surface area contributed by atoms with Crippen LogP contribution in [0.1, 0.15) is 86.8 Å². The second kappa shape index (κ2) is 21.1. The highest BCUT2D eigenvalue weighted by Crippen LogP contribution is 2.26. The molecule has 0 radical (unpaired) electrons. The molecule has 11 nitrogen and oxygen atoms in total. The molecule has 0 unspecified atom stereocenters. The van der Waals surface area contributed by atoms with Gasteiger partial charge in [0.05, 0.1) is 17.7 Å². The number of aryl methyl sites for hydroxylation is 1. The summed E-state index contributed by atoms with van der Waals surface area (Å²) in [6.07, 6.45) is 9.02. The average molecular weight is 790 g/mol. The van der Waals surface area contributed by atoms with E-state index in [4.69, 9.17) is 19.7 Å². The fraction of sp³-hybridized carbons (Fsp3) is 0.267. The molecule has 0 aliphatic heterocycles. The predicted octanol–water partition coefficient (Wildman–Crippen LogP) is 9.43. The zero-order valence-corrected chi connectivity index (χ0v) is 32.9. The number of thiophene rings is 1. The van der Waals surface area contributed by atoms with E-state index in [0.717, 1.165) is 65.3 Å². The summed E-state index contributed by atoms with van der Waals surface area (Å²) >= 11 is 1.24. The van der Waals surface area contributed by atoms with Crippen LogP contribution in [0, 0.1) is 0 Å². The number of ether oxygens (including phenoxy) is 2. The number of para-hydroxylation sites is 1. The second-order valence-electron chi connectivity index (χ2n) is 13.3. The summed E-state index contributed by atoms with van der Waals surface area (Å²) in [5, 5.41) is 26.2. The zero-order chi connectivity index (χ0) is 40.6. The first-order valence-electron chi connectivity index (χ1n) is 19.0. The number of carbonyl (C=O) groups excluding carboxylic acids is 2. The summed E-state index contributed by atoms with van der Waals surface area (Å²) < 4.78 is 11.0. The summed E-state index contributed by atoms with van der Waals surface area (Å²) in [5.41, 5.74) is 3.53. The van der Waals surface area contributed by atoms with Gasteiger partial charge in [0.2, 0.25) is 0 Å². The first kappa shape index (κ1) is 41.9. The third-order valence-corrected chi connectivity index (χ3v) is 10.1. The van der Waals surface area contributed by atoms with E-state index in [0.29, 0.717) is 52.5 Å². The van der Waals surface area contributed by atoms with Gasteiger partial charge in [-0.1, -0.05) is 63.4 Å². The Morgan fingerprint density at radius 3 is 2.23 bits per heavy atom. The highest BCUT2D eigenvalue weighted by atomic mass is 32.1. The minimum absolute atomic E-state index is 0.163. The molecule has 0 fully saturated rings. The number of fused-ring (bicyclic) bond motifs is 2. The number of pyridine rings is 1. The van der Waals surface area contributed by atoms with E-state index < -0.39 is 18.5 Å². The van der Waals surface area contributed by atoms with Gasteiger partial charge in [-0.25, -0.2) is 9.59 Å². The summed E-state index contributed by atoms with van der Waals surface area (Å²) in [4.78, 5) is 52.8. The Kier molecular flexibility index (Phi) is 15.5. The van der Waals surface area contributed by atoms with Crippen molar-refractivity contribution in [3.05, 3.63) is 130 Å². The minimum Gasteiger partial charge on any atom is -0.494 e. The molecule has 0 aliphatic carbocycles. The van der Waals surface area contributed by atoms with E-state index in [9.17, 15) is 19.2 Å². The summed E-state index contributed by atoms with van der Waals surface area (Å²) in [5.74, 6) is -1.24. The standard InChI is InChI=1S/C24H25NO5.C21H22N2O3S/c1-2-3-4-13-29-20-11-12-21-17(14-20)7-5-10-22(21)24(28)25-18-8-6-9-19(15-18)30-16-23(26)27;1-2-3-5-14-12-15-6-4-7-17(19(15)23-13-14)20(24)22-11-10-16-8-9-18(27-16)21(25)26/h5-12,14-15H,2-4,13,16H2,1H3,(H,25,28)(H,26,27);4,6-9,12-13H,2-3,5,10-11H2,1H3,(H,22,24)(H,25,26). The van der Waals surface area contributed by atoms with Crippen molar-refractivity contribution in [1.82, 2.24) is 10.3 Å². The molecule has 2 aromatic heterocycles. The topological polar surface area (TPSA) is 164 Å². The van der Waals surface area contributed by atoms with Gasteiger partial charge in [0.1, 0.15) is 16.4 Å². The summed E-state index contributed by atoms with van der Waals surface area (Å²) in [7, 11) is 0. The van der Waals surface area contributed by atoms with Crippen molar-refractivity contribution in [3.63, 3.8) is 0 Å². The van der Waals surface area contributed by atoms with Gasteiger partial charge in [0, 0.05) is 40.3 Å². The molecule has 0 atom stereocenters. The Hall–Kier alpha value is -6.27. The molecule has 6 rings (SSSR count). The number of nitrogens with zero attached hydrogens (tertiary/aromatic N) is 1. The number of aromatic nitrogens is 1. The molecule has 0 saturated carbocycles. The number of nitrogens with one attached hydrogen (secondary N) is 2. The number of unbranched alkanes of at least 4 members (excludes halogenated alkanes) is 3. The number of carbonyl (C=O) groups is 4. The molecule has 2 amide bonds. The van der Waals surface area contributed by atoms with E-state index in [1.54, 1.807) is 48.5 Å². The molecular weight excluding hydrogens is 743 g/mol. The molecular formula is C45H47N3O8S. The lowest BCUT2D eigenvalue weighted by Gasteiger charge is -2.11. The van der Waals surface area contributed by atoms with Crippen molar-refractivity contribution in [2.45, 2.75) is 58.8 Å². The maximum atomic E-state index is 12.9. The van der Waals surface area contributed by atoms with E-state index in [-0.39, 0.29) is 11.8 Å². The van der Waals surface area contributed by atoms with Gasteiger partial charge in [-0.2, -0.15) is 0 Å². The van der Waals surface area contributed by atoms with E-state index >= 15 is 0 Å². The van der Waals surface area contributed by atoms with E-state index in [2.05, 4.69) is 35.5 Å². The normalized spacial score (nSPS) is 10.7. The molecule has 12 heteroatoms. The second-order valence-corrected chi connectivity index (χ2v) is 14.5. The van der Waals surface area contributed by atoms with Crippen LogP contribution >= 0.6 is 11.3 Å². The Bertz CT molecular complexity index is 2320. The van der Waals surface area contributed by atoms with Gasteiger partial charge >= 0.3 is 11.9 Å². The van der Waals surface area contributed by atoms with Crippen molar-refractivity contribution < 1.29 is 38.9 Å². The molecule has 2 heterocycles. The van der Waals surface area contributed by atoms with Crippen LogP contribution in [-0.4, -0.2) is 58.7 Å². The Labute approximate surface area is 335 Å². The van der Waals surface area contributed by atoms with Gasteiger partial charge in [0.25, 0.3) is 11.8 Å². The summed E-state index contributed by atoms with van der Waals surface area (Å²) in [6.45, 7) is 5.00. The third-order valence-electron chi connectivity index (χ3n) is 8.93. The maximum absolute atomic E-state index is 12.9. The molecule has 0 bridgehead atoms. The quantitative estimate of drug-likeness (QED) is 0.0621. The predicted molar refractivity (Wildman–Crippen MR) is 224 cm³/mol. The highest BCUT2D eigenvalue weighted by Gasteiger charge is 2.14. The Balaban J connectivity index is 0.000000219. The van der Waals surface area contributed by atoms with Crippen molar-refractivity contribution in [2.24, 2.45) is 0 Å². The number of carboxylic acids is 2. The number of hydrogen-bond donors (Lipinski definition) is 4. The van der Waals surface area contributed by atoms with Crippen molar-refractivity contribution in [2.75, 3.05) is 25.1 Å². The average Bonchev–Trinajstić information content (AvgIpc) is 3.70. The monoisotopic (exact) mass is 789 g/mol. The molecule has 4 aromatic carbocycles. The molecule has 4 N–H and O–H groups in total. The lowest BCUT2D eigenvalue weighted by molar-refractivity contribution is -0.139. The number of benzene rings is 4. The number of amides is 2. The van der Waals surface area contributed by atoms with Crippen LogP contribution in [0.15, 0.2) is 103 Å². The van der Waals surface area contributed by atoms with Crippen LogP contribution in [0.4, 0.5) is 5.69 Å². The van der Waals surface area contributed by atoms with Crippen molar-refractivity contribution in [3.8, 4) is 11.5 Å². The number of hydrogen-bond acceptors (Lipinski definition) is 8. The maximum Gasteiger partial charge on any atom is 0.345 e. The van der Waals surface area contributed by atoms with Gasteiger partial charge in [-0.15, -0.1) is 11.3 Å². The van der Waals surface area contributed by atoms with E-state index in [1.165, 1.54) is 16.9 Å². The van der Waals surface area contributed by atoms with Crippen LogP contribution in [0.3, 0.4) is 0 Å². The molecule has 0 saturated heterocycles. The third kappa shape index (κ3) is 12.4. The lowest BCUT2D eigenvalue weighted by atomic mass is 10.0. The molecule has 296 valence electrons. The number of rotatable bonds is 18. The van der Waals surface area contributed by atoms with Crippen LogP contribution in [0.2, 0.25) is 0 Å². The van der Waals surface area contributed by atoms with Crippen molar-refractivity contribution in [1.29, 1.82) is 0 Å². The van der Waals surface area contributed by atoms with Crippen LogP contribution in [-0.2, 0) is 17.6 Å². The molecule has 6 aromatic rings. The number of aromatic carboxylic acids is 1. The summed E-state index contributed by atoms with van der Waals surface area (Å²) in [6, 6.07) is 29.0. The number of carboxylic acid groups (broad SMARTS) is 2. The van der Waals surface area contributed by atoms with Gasteiger partial charge in [-0.05, 0) is 103 Å². The van der Waals surface area contributed by atoms with Crippen molar-refractivity contribution >= 4 is 62.5 Å². The van der Waals surface area contributed by atoms with E-state index in [1.807, 2.05) is 48.7 Å². The zero-order valence-electron chi connectivity index (χ0n) is 32.1. The highest BCUT2D eigenvalue weighted by molar-refractivity contribution is 7.13. The number of anilines is 1. The van der Waals surface area contributed by atoms with Crippen LogP contribution in [0.25, 0.3) is 21.7 Å². The first-order valence-corrected chi connectivity index (χ1v) is 19.9. The fourth-order valence-electron chi connectivity index (χ4n) is 6.03. The first-order chi connectivity index (χ1) is 27.6. The van der Waals surface area contributed by atoms with Crippen LogP contribution < -0.4 is 20.1 Å². The van der Waals surface area contributed by atoms with Gasteiger partial charge in [0.15, 0.2) is 6.61 Å². The minimum atomic E-state index is -1.06. The Morgan fingerprint density at radius 2 is 1.47 bits per heavy atom. The van der Waals surface area contributed by atoms with Gasteiger partial charge in [-0.3, -0.25) is 14.6 Å². The van der Waals surface area contributed by atoms with Crippen LogP contribution in [0.5, 0.6) is 11.5 Å². The SMILES string of the molecule is CCCCCOc1ccc2c(C(=O)Nc3cccc(OCC(=O)O)c3)cccc2c1.CCCCc1cnc2c(C(=O)NCCc3ccc(C(=O)O)s3)cccc2c1. The Morgan fingerprint density at radius 1 is 0.719 bits per heavy atom. The fourth-order valence-corrected chi connectivity index (χ4v) is 6.87. The lowest BCUT2D eigenvalue weighted by Crippen LogP contribution is -2.25. The smallest absolute Gasteiger partial charge is 0.345 e. The molecule has 0 aliphatic rings. The molecule has 0 spiro atoms. The number of aliphatic carboxylic acids is 1.